The number of alkyl halides is 3. The predicted molar refractivity (Wildman–Crippen MR) is 112 cm³/mol. The summed E-state index contributed by atoms with van der Waals surface area (Å²) in [5.41, 5.74) is -0.485. The highest BCUT2D eigenvalue weighted by Crippen LogP contribution is 2.39. The fourth-order valence-electron chi connectivity index (χ4n) is 3.36. The minimum Gasteiger partial charge on any atom is -0.450 e. The van der Waals surface area contributed by atoms with Gasteiger partial charge in [0, 0.05) is 34.4 Å². The van der Waals surface area contributed by atoms with E-state index in [1.165, 1.54) is 0 Å². The van der Waals surface area contributed by atoms with Gasteiger partial charge in [0.1, 0.15) is 4.99 Å². The van der Waals surface area contributed by atoms with E-state index in [0.29, 0.717) is 42.7 Å². The van der Waals surface area contributed by atoms with Crippen LogP contribution in [0, 0.1) is 0 Å². The molecular weight excluding hydrogens is 421 g/mol. The van der Waals surface area contributed by atoms with Crippen LogP contribution in [0.25, 0.3) is 0 Å². The lowest BCUT2D eigenvalue weighted by Crippen LogP contribution is -2.62. The van der Waals surface area contributed by atoms with Crippen LogP contribution in [0.2, 0.25) is 25.7 Å². The third kappa shape index (κ3) is 4.66. The molecule has 3 heterocycles. The number of nitrogens with zero attached hydrogens (tertiary/aromatic N) is 4. The van der Waals surface area contributed by atoms with Crippen molar-refractivity contribution in [3.8, 4) is 0 Å². The number of amides is 1. The topological polar surface area (TPSA) is 48.9 Å². The number of anilines is 2. The fraction of sp³-hybridized carbons (Fsp3) is 0.611. The Morgan fingerprint density at radius 3 is 2.66 bits per heavy atom. The maximum absolute atomic E-state index is 13.1. The normalized spacial score (nSPS) is 19.8. The van der Waals surface area contributed by atoms with Crippen LogP contribution in [-0.4, -0.2) is 68.4 Å². The van der Waals surface area contributed by atoms with Crippen molar-refractivity contribution in [1.29, 1.82) is 0 Å². The molecule has 0 radical (unpaired) electrons. The first kappa shape index (κ1) is 21.8. The highest BCUT2D eigenvalue weighted by atomic mass is 32.1. The predicted octanol–water partition coefficient (Wildman–Crippen LogP) is 3.84. The van der Waals surface area contributed by atoms with E-state index < -0.39 is 19.8 Å². The lowest BCUT2D eigenvalue weighted by atomic mass is 10.1. The molecule has 2 aliphatic rings. The van der Waals surface area contributed by atoms with E-state index in [1.54, 1.807) is 16.8 Å². The van der Waals surface area contributed by atoms with Crippen LogP contribution >= 0.6 is 12.2 Å². The molecule has 1 atom stereocenters. The number of carbonyl (C=O) groups is 1. The molecule has 0 spiro atoms. The highest BCUT2D eigenvalue weighted by molar-refractivity contribution is 7.80. The highest BCUT2D eigenvalue weighted by Gasteiger charge is 2.41. The number of rotatable bonds is 3. The van der Waals surface area contributed by atoms with Crippen LogP contribution < -0.4 is 9.80 Å². The Kier molecular flexibility index (Phi) is 5.83. The summed E-state index contributed by atoms with van der Waals surface area (Å²) in [5.74, 6) is 0.450. The van der Waals surface area contributed by atoms with Gasteiger partial charge in [-0.25, -0.2) is 9.78 Å². The number of thiocarbonyl (C=S) groups is 1. The molecule has 0 unspecified atom stereocenters. The number of pyridine rings is 1. The van der Waals surface area contributed by atoms with E-state index in [4.69, 9.17) is 17.0 Å². The Morgan fingerprint density at radius 1 is 1.34 bits per heavy atom. The van der Waals surface area contributed by atoms with Gasteiger partial charge < -0.3 is 19.4 Å². The molecule has 3 rings (SSSR count). The first-order valence-corrected chi connectivity index (χ1v) is 13.5. The second-order valence-corrected chi connectivity index (χ2v) is 14.6. The van der Waals surface area contributed by atoms with Gasteiger partial charge in [-0.15, -0.1) is 0 Å². The van der Waals surface area contributed by atoms with E-state index in [-0.39, 0.29) is 12.1 Å². The number of likely N-dealkylation sites (N-methyl/N-ethyl adjacent to an activating group) is 1. The van der Waals surface area contributed by atoms with Crippen LogP contribution in [-0.2, 0) is 10.9 Å². The number of halogens is 3. The summed E-state index contributed by atoms with van der Waals surface area (Å²) in [6.45, 7) is 8.18. The van der Waals surface area contributed by atoms with Crippen LogP contribution in [0.3, 0.4) is 0 Å². The second-order valence-electron chi connectivity index (χ2n) is 8.54. The van der Waals surface area contributed by atoms with Crippen LogP contribution in [0.4, 0.5) is 29.5 Å². The van der Waals surface area contributed by atoms with Crippen molar-refractivity contribution in [2.75, 3.05) is 43.1 Å². The average Bonchev–Trinajstić information content (AvgIpc) is 2.63. The standard InChI is InChI=1S/C18H25F3N4O2SSi/c1-23-13-9-12(18(19,20)21)10-22-15(13)25-6-5-24(11-14(25)16(23)28)17(26)27-7-8-29(2,3)4/h9-10,14H,5-8,11H2,1-4H3/t14-/m1/s1. The molecule has 1 fully saturated rings. The van der Waals surface area contributed by atoms with Gasteiger partial charge in [0.15, 0.2) is 5.82 Å². The molecule has 0 saturated carbocycles. The Balaban J connectivity index is 1.75. The number of carbonyl (C=O) groups excluding carboxylic acids is 1. The SMILES string of the molecule is CN1C(=S)[C@H]2CN(C(=O)OCC[Si](C)(C)C)CCN2c2ncc(C(F)(F)F)cc21. The van der Waals surface area contributed by atoms with Gasteiger partial charge in [0.2, 0.25) is 0 Å². The van der Waals surface area contributed by atoms with Crippen LogP contribution in [0.5, 0.6) is 0 Å². The van der Waals surface area contributed by atoms with E-state index in [1.807, 2.05) is 4.90 Å². The minimum absolute atomic E-state index is 0.317. The zero-order valence-electron chi connectivity index (χ0n) is 16.9. The number of ether oxygens (including phenoxy) is 1. The van der Waals surface area contributed by atoms with E-state index >= 15 is 0 Å². The first-order valence-electron chi connectivity index (χ1n) is 9.41. The van der Waals surface area contributed by atoms with Crippen molar-refractivity contribution >= 4 is 42.9 Å². The maximum Gasteiger partial charge on any atom is 0.417 e. The Bertz CT molecular complexity index is 815. The molecular formula is C18H25F3N4O2SSi. The van der Waals surface area contributed by atoms with Gasteiger partial charge in [-0.3, -0.25) is 0 Å². The summed E-state index contributed by atoms with van der Waals surface area (Å²) < 4.78 is 44.6. The van der Waals surface area contributed by atoms with Crippen molar-refractivity contribution in [3.63, 3.8) is 0 Å². The van der Waals surface area contributed by atoms with Gasteiger partial charge in [-0.2, -0.15) is 13.2 Å². The molecule has 0 N–H and O–H groups in total. The fourth-order valence-corrected chi connectivity index (χ4v) is 4.38. The van der Waals surface area contributed by atoms with Crippen molar-refractivity contribution in [2.24, 2.45) is 0 Å². The summed E-state index contributed by atoms with van der Waals surface area (Å²) in [4.78, 5) is 22.0. The Labute approximate surface area is 174 Å². The molecule has 1 saturated heterocycles. The second kappa shape index (κ2) is 7.75. The molecule has 1 amide bonds. The summed E-state index contributed by atoms with van der Waals surface area (Å²) in [7, 11) is 0.331. The van der Waals surface area contributed by atoms with Gasteiger partial charge in [-0.1, -0.05) is 31.9 Å². The zero-order chi connectivity index (χ0) is 21.6. The molecule has 0 aromatic carbocycles. The Morgan fingerprint density at radius 2 is 2.03 bits per heavy atom. The van der Waals surface area contributed by atoms with Gasteiger partial charge in [-0.05, 0) is 12.1 Å². The molecule has 0 bridgehead atoms. The third-order valence-electron chi connectivity index (χ3n) is 5.14. The van der Waals surface area contributed by atoms with Crippen molar-refractivity contribution < 1.29 is 22.7 Å². The molecule has 160 valence electrons. The van der Waals surface area contributed by atoms with E-state index in [0.717, 1.165) is 18.3 Å². The monoisotopic (exact) mass is 446 g/mol. The molecule has 0 aliphatic carbocycles. The van der Waals surface area contributed by atoms with Crippen LogP contribution in [0.1, 0.15) is 5.56 Å². The molecule has 11 heteroatoms. The molecule has 6 nitrogen and oxygen atoms in total. The molecule has 2 aliphatic heterocycles. The number of aromatic nitrogens is 1. The molecule has 1 aromatic rings. The lowest BCUT2D eigenvalue weighted by molar-refractivity contribution is -0.137. The van der Waals surface area contributed by atoms with Gasteiger partial charge in [0.25, 0.3) is 0 Å². The Hall–Kier alpha value is -1.88. The molecule has 29 heavy (non-hydrogen) atoms. The van der Waals surface area contributed by atoms with E-state index in [9.17, 15) is 18.0 Å². The third-order valence-corrected chi connectivity index (χ3v) is 7.39. The zero-order valence-corrected chi connectivity index (χ0v) is 18.7. The summed E-state index contributed by atoms with van der Waals surface area (Å²) in [6, 6.07) is 1.63. The summed E-state index contributed by atoms with van der Waals surface area (Å²) >= 11 is 5.52. The smallest absolute Gasteiger partial charge is 0.417 e. The number of piperazine rings is 1. The average molecular weight is 447 g/mol. The minimum atomic E-state index is -4.47. The number of hydrogen-bond acceptors (Lipinski definition) is 5. The van der Waals surface area contributed by atoms with Crippen LogP contribution in [0.15, 0.2) is 12.3 Å². The quantitative estimate of drug-likeness (QED) is 0.519. The van der Waals surface area contributed by atoms with Crippen molar-refractivity contribution in [3.05, 3.63) is 17.8 Å². The maximum atomic E-state index is 13.1. The van der Waals surface area contributed by atoms with Gasteiger partial charge >= 0.3 is 12.3 Å². The lowest BCUT2D eigenvalue weighted by Gasteiger charge is -2.47. The first-order chi connectivity index (χ1) is 13.4. The molecule has 1 aromatic heterocycles. The largest absolute Gasteiger partial charge is 0.450 e. The van der Waals surface area contributed by atoms with Gasteiger partial charge in [0.05, 0.1) is 30.4 Å². The summed E-state index contributed by atoms with van der Waals surface area (Å²) in [5, 5.41) is 0. The van der Waals surface area contributed by atoms with E-state index in [2.05, 4.69) is 24.6 Å². The number of fused-ring (bicyclic) bond motifs is 3. The van der Waals surface area contributed by atoms with Crippen molar-refractivity contribution in [1.82, 2.24) is 9.88 Å². The van der Waals surface area contributed by atoms with Crippen molar-refractivity contribution in [2.45, 2.75) is 37.9 Å². The summed E-state index contributed by atoms with van der Waals surface area (Å²) in [6.07, 6.45) is -4.01. The number of hydrogen-bond donors (Lipinski definition) is 0.